The molecule has 1 aromatic rings. The Balaban J connectivity index is 2.33. The third-order valence-electron chi connectivity index (χ3n) is 2.13. The smallest absolute Gasteiger partial charge is 0.307 e. The second-order valence-corrected chi connectivity index (χ2v) is 5.09. The molecule has 0 fully saturated rings. The van der Waals surface area contributed by atoms with Gasteiger partial charge >= 0.3 is 5.97 Å². The first kappa shape index (κ1) is 10.1. The molecule has 1 radical (unpaired) electrons. The maximum absolute atomic E-state index is 10.7. The van der Waals surface area contributed by atoms with Gasteiger partial charge in [0.25, 0.3) is 0 Å². The van der Waals surface area contributed by atoms with E-state index in [1.165, 1.54) is 0 Å². The topological polar surface area (TPSA) is 37.3 Å². The van der Waals surface area contributed by atoms with Crippen LogP contribution in [-0.2, 0) is 11.2 Å². The number of benzene rings is 1. The highest BCUT2D eigenvalue weighted by Gasteiger charge is 2.10. The van der Waals surface area contributed by atoms with Crippen LogP contribution in [0.2, 0.25) is 0 Å². The molecule has 3 heteroatoms. The molecule has 0 unspecified atom stereocenters. The summed E-state index contributed by atoms with van der Waals surface area (Å²) >= 11 is 0. The summed E-state index contributed by atoms with van der Waals surface area (Å²) in [6.07, 6.45) is 4.06. The first-order chi connectivity index (χ1) is 7.27. The Labute approximate surface area is 91.3 Å². The van der Waals surface area contributed by atoms with Crippen LogP contribution in [0, 0.1) is 6.07 Å². The van der Waals surface area contributed by atoms with Crippen molar-refractivity contribution in [2.45, 2.75) is 11.3 Å². The molecule has 0 atom stereocenters. The number of rotatable bonds is 3. The minimum Gasteiger partial charge on any atom is -0.481 e. The van der Waals surface area contributed by atoms with Crippen LogP contribution in [0.3, 0.4) is 0 Å². The summed E-state index contributed by atoms with van der Waals surface area (Å²) in [7, 11) is -0.447. The maximum atomic E-state index is 10.7. The largest absolute Gasteiger partial charge is 0.481 e. The van der Waals surface area contributed by atoms with E-state index in [-0.39, 0.29) is 6.42 Å². The van der Waals surface area contributed by atoms with Crippen LogP contribution in [0.25, 0.3) is 0 Å². The molecular weight excluding hydrogens is 208 g/mol. The van der Waals surface area contributed by atoms with Crippen molar-refractivity contribution in [3.05, 3.63) is 52.8 Å². The van der Waals surface area contributed by atoms with Crippen molar-refractivity contribution in [2.75, 3.05) is 0 Å². The van der Waals surface area contributed by atoms with Crippen molar-refractivity contribution < 1.29 is 9.90 Å². The van der Waals surface area contributed by atoms with E-state index >= 15 is 0 Å². The van der Waals surface area contributed by atoms with Gasteiger partial charge in [0, 0.05) is 0 Å². The summed E-state index contributed by atoms with van der Waals surface area (Å²) in [5.74, 6) is -0.805. The van der Waals surface area contributed by atoms with E-state index in [0.29, 0.717) is 0 Å². The van der Waals surface area contributed by atoms with Crippen molar-refractivity contribution in [2.24, 2.45) is 0 Å². The van der Waals surface area contributed by atoms with Gasteiger partial charge in [-0.3, -0.25) is 4.79 Å². The summed E-state index contributed by atoms with van der Waals surface area (Å²) < 4.78 is 0. The zero-order valence-corrected chi connectivity index (χ0v) is 8.95. The highest BCUT2D eigenvalue weighted by atomic mass is 32.2. The minimum atomic E-state index is -0.805. The van der Waals surface area contributed by atoms with Crippen LogP contribution in [0.5, 0.6) is 0 Å². The SMILES string of the molecule is O=C(O)Cc1[c]cccc1[SH]1C=CC=C1. The average molecular weight is 219 g/mol. The summed E-state index contributed by atoms with van der Waals surface area (Å²) in [6.45, 7) is 0. The molecule has 0 aromatic heterocycles. The number of carboxylic acid groups (broad SMARTS) is 1. The van der Waals surface area contributed by atoms with E-state index in [1.807, 2.05) is 24.3 Å². The zero-order valence-electron chi connectivity index (χ0n) is 8.05. The van der Waals surface area contributed by atoms with Crippen molar-refractivity contribution in [1.29, 1.82) is 0 Å². The standard InChI is InChI=1S/C12H11O2S/c13-12(14)9-10-5-1-2-6-11(10)15-7-3-4-8-15/h1-4,6-8,15H,9H2,(H,13,14). The van der Waals surface area contributed by atoms with Crippen molar-refractivity contribution in [3.8, 4) is 0 Å². The lowest BCUT2D eigenvalue weighted by atomic mass is 10.1. The summed E-state index contributed by atoms with van der Waals surface area (Å²) in [6, 6.07) is 8.67. The molecule has 0 bridgehead atoms. The van der Waals surface area contributed by atoms with Gasteiger partial charge in [0.2, 0.25) is 0 Å². The van der Waals surface area contributed by atoms with Gasteiger partial charge < -0.3 is 5.11 Å². The predicted octanol–water partition coefficient (Wildman–Crippen LogP) is 2.51. The molecule has 15 heavy (non-hydrogen) atoms. The monoisotopic (exact) mass is 219 g/mol. The summed E-state index contributed by atoms with van der Waals surface area (Å²) in [5, 5.41) is 13.0. The van der Waals surface area contributed by atoms with Gasteiger partial charge in [-0.1, -0.05) is 24.3 Å². The third-order valence-corrected chi connectivity index (χ3v) is 4.09. The Morgan fingerprint density at radius 2 is 2.13 bits per heavy atom. The van der Waals surface area contributed by atoms with Crippen molar-refractivity contribution in [1.82, 2.24) is 0 Å². The molecule has 0 aliphatic carbocycles. The highest BCUT2D eigenvalue weighted by Crippen LogP contribution is 2.43. The second kappa shape index (κ2) is 4.36. The van der Waals surface area contributed by atoms with E-state index in [2.05, 4.69) is 16.9 Å². The van der Waals surface area contributed by atoms with Crippen LogP contribution in [-0.4, -0.2) is 11.1 Å². The molecule has 1 heterocycles. The van der Waals surface area contributed by atoms with Crippen molar-refractivity contribution >= 4 is 16.9 Å². The summed E-state index contributed by atoms with van der Waals surface area (Å²) in [4.78, 5) is 11.8. The maximum Gasteiger partial charge on any atom is 0.307 e. The predicted molar refractivity (Wildman–Crippen MR) is 62.1 cm³/mol. The normalized spacial score (nSPS) is 15.9. The van der Waals surface area contributed by atoms with Crippen LogP contribution in [0.1, 0.15) is 5.56 Å². The Hall–Kier alpha value is -1.48. The number of hydrogen-bond donors (Lipinski definition) is 2. The number of allylic oxidation sites excluding steroid dienone is 2. The minimum absolute atomic E-state index is 0.0523. The van der Waals surface area contributed by atoms with E-state index in [0.717, 1.165) is 10.5 Å². The first-order valence-corrected chi connectivity index (χ1v) is 6.10. The Kier molecular flexibility index (Phi) is 2.92. The number of hydrogen-bond acceptors (Lipinski definition) is 1. The quantitative estimate of drug-likeness (QED) is 0.766. The van der Waals surface area contributed by atoms with Gasteiger partial charge in [-0.2, -0.15) is 10.9 Å². The third kappa shape index (κ3) is 2.30. The lowest BCUT2D eigenvalue weighted by Gasteiger charge is -2.14. The molecule has 1 aliphatic rings. The van der Waals surface area contributed by atoms with Gasteiger partial charge in [0.15, 0.2) is 0 Å². The Morgan fingerprint density at radius 1 is 1.40 bits per heavy atom. The Morgan fingerprint density at radius 3 is 2.80 bits per heavy atom. The molecule has 2 nitrogen and oxygen atoms in total. The molecule has 0 amide bonds. The van der Waals surface area contributed by atoms with Crippen LogP contribution >= 0.6 is 10.9 Å². The van der Waals surface area contributed by atoms with Crippen LogP contribution in [0.15, 0.2) is 46.1 Å². The molecule has 1 aromatic carbocycles. The van der Waals surface area contributed by atoms with Gasteiger partial charge in [0.1, 0.15) is 0 Å². The number of carboxylic acids is 1. The molecule has 0 saturated carbocycles. The Bertz CT molecular complexity index is 423. The fraction of sp³-hybridized carbons (Fsp3) is 0.0833. The van der Waals surface area contributed by atoms with E-state index in [4.69, 9.17) is 5.11 Å². The molecule has 1 aliphatic heterocycles. The van der Waals surface area contributed by atoms with E-state index in [9.17, 15) is 4.79 Å². The highest BCUT2D eigenvalue weighted by molar-refractivity contribution is 8.22. The van der Waals surface area contributed by atoms with Gasteiger partial charge in [-0.15, -0.1) is 0 Å². The van der Waals surface area contributed by atoms with E-state index < -0.39 is 16.9 Å². The second-order valence-electron chi connectivity index (χ2n) is 3.19. The zero-order chi connectivity index (χ0) is 10.7. The van der Waals surface area contributed by atoms with Gasteiger partial charge in [-0.05, 0) is 33.4 Å². The lowest BCUT2D eigenvalue weighted by Crippen LogP contribution is -2.01. The molecule has 0 spiro atoms. The fourth-order valence-corrected chi connectivity index (χ4v) is 3.20. The van der Waals surface area contributed by atoms with E-state index in [1.54, 1.807) is 6.07 Å². The molecule has 0 saturated heterocycles. The molecule has 77 valence electrons. The summed E-state index contributed by atoms with van der Waals surface area (Å²) in [5.41, 5.74) is 0.798. The van der Waals surface area contributed by atoms with Crippen molar-refractivity contribution in [3.63, 3.8) is 0 Å². The molecule has 2 rings (SSSR count). The average Bonchev–Trinajstić information content (AvgIpc) is 2.70. The number of thiol groups is 1. The number of carbonyl (C=O) groups is 1. The van der Waals surface area contributed by atoms with Gasteiger partial charge in [0.05, 0.1) is 6.42 Å². The lowest BCUT2D eigenvalue weighted by molar-refractivity contribution is -0.136. The van der Waals surface area contributed by atoms with Crippen LogP contribution in [0.4, 0.5) is 0 Å². The first-order valence-electron chi connectivity index (χ1n) is 4.62. The van der Waals surface area contributed by atoms with Crippen LogP contribution < -0.4 is 0 Å². The molecular formula is C12H11O2S. The van der Waals surface area contributed by atoms with Gasteiger partial charge in [-0.25, -0.2) is 0 Å². The molecule has 1 N–H and O–H groups in total. The number of aliphatic carboxylic acids is 1. The fourth-order valence-electron chi connectivity index (χ4n) is 1.49.